The molecule has 5 nitrogen and oxygen atoms in total. The summed E-state index contributed by atoms with van der Waals surface area (Å²) >= 11 is 0. The number of H-pyrrole nitrogens is 1. The number of likely N-dealkylation sites (tertiary alicyclic amines) is 1. The van der Waals surface area contributed by atoms with Crippen LogP contribution in [0.25, 0.3) is 10.9 Å². The number of nitrogens with one attached hydrogen (secondary N) is 1. The first-order valence-corrected chi connectivity index (χ1v) is 9.08. The molecule has 1 unspecified atom stereocenters. The number of ether oxygens (including phenoxy) is 2. The lowest BCUT2D eigenvalue weighted by Gasteiger charge is -2.26. The molecule has 3 aromatic rings. The Morgan fingerprint density at radius 3 is 2.77 bits per heavy atom. The van der Waals surface area contributed by atoms with E-state index in [1.54, 1.807) is 0 Å². The van der Waals surface area contributed by atoms with Gasteiger partial charge in [0.1, 0.15) is 18.9 Å². The van der Waals surface area contributed by atoms with Crippen molar-refractivity contribution in [3.8, 4) is 11.5 Å². The van der Waals surface area contributed by atoms with E-state index < -0.39 is 0 Å². The second-order valence-corrected chi connectivity index (χ2v) is 6.83. The van der Waals surface area contributed by atoms with Crippen LogP contribution >= 0.6 is 0 Å². The molecule has 5 heteroatoms. The molecule has 1 aromatic heterocycles. The Kier molecular flexibility index (Phi) is 3.59. The fourth-order valence-electron chi connectivity index (χ4n) is 3.97. The number of aromatic amines is 1. The van der Waals surface area contributed by atoms with Crippen LogP contribution in [0.3, 0.4) is 0 Å². The van der Waals surface area contributed by atoms with Gasteiger partial charge in [-0.2, -0.15) is 0 Å². The van der Waals surface area contributed by atoms with E-state index in [0.29, 0.717) is 18.9 Å². The second-order valence-electron chi connectivity index (χ2n) is 6.83. The molecule has 5 rings (SSSR count). The van der Waals surface area contributed by atoms with E-state index in [1.807, 2.05) is 47.4 Å². The maximum Gasteiger partial charge on any atom is 0.270 e. The summed E-state index contributed by atoms with van der Waals surface area (Å²) in [5.74, 6) is 1.61. The smallest absolute Gasteiger partial charge is 0.270 e. The molecule has 26 heavy (non-hydrogen) atoms. The van der Waals surface area contributed by atoms with Crippen LogP contribution in [0.15, 0.2) is 48.5 Å². The van der Waals surface area contributed by atoms with Gasteiger partial charge in [-0.05, 0) is 42.7 Å². The number of hydrogen-bond acceptors (Lipinski definition) is 3. The van der Waals surface area contributed by atoms with Gasteiger partial charge in [-0.15, -0.1) is 0 Å². The zero-order valence-electron chi connectivity index (χ0n) is 14.4. The highest BCUT2D eigenvalue weighted by Crippen LogP contribution is 2.38. The molecule has 0 saturated carbocycles. The van der Waals surface area contributed by atoms with Crippen LogP contribution in [-0.2, 0) is 0 Å². The van der Waals surface area contributed by atoms with Crippen molar-refractivity contribution in [2.75, 3.05) is 19.8 Å². The molecule has 0 aliphatic carbocycles. The maximum absolute atomic E-state index is 13.1. The Hall–Kier alpha value is -2.95. The number of amides is 1. The van der Waals surface area contributed by atoms with Crippen molar-refractivity contribution in [1.82, 2.24) is 9.88 Å². The Balaban J connectivity index is 1.45. The van der Waals surface area contributed by atoms with Crippen molar-refractivity contribution >= 4 is 16.8 Å². The molecule has 1 atom stereocenters. The average Bonchev–Trinajstić information content (AvgIpc) is 3.34. The van der Waals surface area contributed by atoms with Gasteiger partial charge in [0.15, 0.2) is 11.5 Å². The van der Waals surface area contributed by atoms with Crippen molar-refractivity contribution in [3.05, 3.63) is 59.8 Å². The summed E-state index contributed by atoms with van der Waals surface area (Å²) in [4.78, 5) is 18.4. The normalized spacial score (nSPS) is 19.1. The number of aromatic nitrogens is 1. The average molecular weight is 348 g/mol. The summed E-state index contributed by atoms with van der Waals surface area (Å²) in [5.41, 5.74) is 2.75. The van der Waals surface area contributed by atoms with E-state index in [4.69, 9.17) is 9.47 Å². The molecule has 132 valence electrons. The SMILES string of the molecule is O=C(c1cc2ccccc2[nH]1)N1CCCC1c1ccc2c(c1)OCCO2. The number of fused-ring (bicyclic) bond motifs is 2. The second kappa shape index (κ2) is 6.09. The van der Waals surface area contributed by atoms with Gasteiger partial charge in [0.05, 0.1) is 6.04 Å². The van der Waals surface area contributed by atoms with Gasteiger partial charge < -0.3 is 19.4 Å². The van der Waals surface area contributed by atoms with Gasteiger partial charge in [0, 0.05) is 17.4 Å². The number of benzene rings is 2. The summed E-state index contributed by atoms with van der Waals surface area (Å²) in [5, 5.41) is 1.06. The fraction of sp³-hybridized carbons (Fsp3) is 0.286. The van der Waals surface area contributed by atoms with Crippen LogP contribution in [0.5, 0.6) is 11.5 Å². The van der Waals surface area contributed by atoms with Gasteiger partial charge in [0.2, 0.25) is 0 Å². The molecule has 3 heterocycles. The standard InChI is InChI=1S/C21H20N2O3/c24-21(17-12-14-4-1-2-5-16(14)22-17)23-9-3-6-18(23)15-7-8-19-20(13-15)26-11-10-25-19/h1-2,4-5,7-8,12-13,18,22H,3,6,9-11H2. The first-order valence-electron chi connectivity index (χ1n) is 9.08. The molecule has 2 aliphatic heterocycles. The molecule has 0 bridgehead atoms. The maximum atomic E-state index is 13.1. The number of carbonyl (C=O) groups is 1. The lowest BCUT2D eigenvalue weighted by molar-refractivity contribution is 0.0730. The van der Waals surface area contributed by atoms with Crippen molar-refractivity contribution in [2.45, 2.75) is 18.9 Å². The quantitative estimate of drug-likeness (QED) is 0.764. The van der Waals surface area contributed by atoms with Crippen molar-refractivity contribution < 1.29 is 14.3 Å². The highest BCUT2D eigenvalue weighted by molar-refractivity contribution is 5.98. The third-order valence-electron chi connectivity index (χ3n) is 5.23. The lowest BCUT2D eigenvalue weighted by Crippen LogP contribution is -2.30. The monoisotopic (exact) mass is 348 g/mol. The third-order valence-corrected chi connectivity index (χ3v) is 5.23. The molecule has 1 amide bonds. The molecule has 0 spiro atoms. The molecular weight excluding hydrogens is 328 g/mol. The summed E-state index contributed by atoms with van der Waals surface area (Å²) in [7, 11) is 0. The zero-order chi connectivity index (χ0) is 17.5. The largest absolute Gasteiger partial charge is 0.486 e. The summed E-state index contributed by atoms with van der Waals surface area (Å²) < 4.78 is 11.3. The van der Waals surface area contributed by atoms with Gasteiger partial charge in [0.25, 0.3) is 5.91 Å². The summed E-state index contributed by atoms with van der Waals surface area (Å²) in [6, 6.07) is 16.0. The molecule has 0 radical (unpaired) electrons. The van der Waals surface area contributed by atoms with Crippen molar-refractivity contribution in [2.24, 2.45) is 0 Å². The Bertz CT molecular complexity index is 945. The Morgan fingerprint density at radius 1 is 1.04 bits per heavy atom. The molecule has 1 fully saturated rings. The van der Waals surface area contributed by atoms with E-state index in [2.05, 4.69) is 11.1 Å². The summed E-state index contributed by atoms with van der Waals surface area (Å²) in [6.07, 6.45) is 1.97. The number of nitrogens with zero attached hydrogens (tertiary/aromatic N) is 1. The number of hydrogen-bond donors (Lipinski definition) is 1. The van der Waals surface area contributed by atoms with Crippen LogP contribution < -0.4 is 9.47 Å². The lowest BCUT2D eigenvalue weighted by atomic mass is 10.0. The Morgan fingerprint density at radius 2 is 1.88 bits per heavy atom. The number of rotatable bonds is 2. The minimum atomic E-state index is 0.0542. The van der Waals surface area contributed by atoms with Gasteiger partial charge in [-0.3, -0.25) is 4.79 Å². The number of para-hydroxylation sites is 1. The Labute approximate surface area is 151 Å². The van der Waals surface area contributed by atoms with Crippen LogP contribution in [0.2, 0.25) is 0 Å². The van der Waals surface area contributed by atoms with Crippen LogP contribution in [0.1, 0.15) is 34.9 Å². The van der Waals surface area contributed by atoms with Crippen LogP contribution in [0, 0.1) is 0 Å². The predicted molar refractivity (Wildman–Crippen MR) is 98.7 cm³/mol. The molecular formula is C21H20N2O3. The number of carbonyl (C=O) groups excluding carboxylic acids is 1. The van der Waals surface area contributed by atoms with Gasteiger partial charge in [-0.25, -0.2) is 0 Å². The van der Waals surface area contributed by atoms with E-state index in [9.17, 15) is 4.79 Å². The van der Waals surface area contributed by atoms with Gasteiger partial charge >= 0.3 is 0 Å². The van der Waals surface area contributed by atoms with Crippen LogP contribution in [0.4, 0.5) is 0 Å². The highest BCUT2D eigenvalue weighted by atomic mass is 16.6. The van der Waals surface area contributed by atoms with E-state index in [0.717, 1.165) is 47.4 Å². The molecule has 2 aromatic carbocycles. The minimum Gasteiger partial charge on any atom is -0.486 e. The first kappa shape index (κ1) is 15.3. The fourth-order valence-corrected chi connectivity index (χ4v) is 3.97. The molecule has 2 aliphatic rings. The third kappa shape index (κ3) is 2.51. The first-order chi connectivity index (χ1) is 12.8. The molecule has 1 saturated heterocycles. The van der Waals surface area contributed by atoms with Crippen molar-refractivity contribution in [3.63, 3.8) is 0 Å². The summed E-state index contributed by atoms with van der Waals surface area (Å²) in [6.45, 7) is 1.92. The highest BCUT2D eigenvalue weighted by Gasteiger charge is 2.32. The topological polar surface area (TPSA) is 54.6 Å². The zero-order valence-corrected chi connectivity index (χ0v) is 14.4. The van der Waals surface area contributed by atoms with Gasteiger partial charge in [-0.1, -0.05) is 24.3 Å². The van der Waals surface area contributed by atoms with E-state index >= 15 is 0 Å². The van der Waals surface area contributed by atoms with Crippen LogP contribution in [-0.4, -0.2) is 35.5 Å². The van der Waals surface area contributed by atoms with Crippen molar-refractivity contribution in [1.29, 1.82) is 0 Å². The molecule has 1 N–H and O–H groups in total. The van der Waals surface area contributed by atoms with E-state index in [1.165, 1.54) is 0 Å². The predicted octanol–water partition coefficient (Wildman–Crippen LogP) is 3.92. The minimum absolute atomic E-state index is 0.0542. The van der Waals surface area contributed by atoms with E-state index in [-0.39, 0.29) is 11.9 Å².